The van der Waals surface area contributed by atoms with Crippen LogP contribution in [-0.2, 0) is 0 Å². The topological polar surface area (TPSA) is 15.3 Å². The molecule has 2 aromatic rings. The fraction of sp³-hybridized carbons (Fsp3) is 0.118. The van der Waals surface area contributed by atoms with Gasteiger partial charge in [-0.15, -0.1) is 0 Å². The highest BCUT2D eigenvalue weighted by atomic mass is 79.9. The second-order valence-corrected chi connectivity index (χ2v) is 7.45. The van der Waals surface area contributed by atoms with Gasteiger partial charge in [0.25, 0.3) is 0 Å². The lowest BCUT2D eigenvalue weighted by atomic mass is 10.1. The summed E-state index contributed by atoms with van der Waals surface area (Å²) in [5, 5.41) is 2.78. The van der Waals surface area contributed by atoms with Gasteiger partial charge >= 0.3 is 0 Å². The summed E-state index contributed by atoms with van der Waals surface area (Å²) in [5.41, 5.74) is 1.20. The normalized spacial score (nSPS) is 11.4. The molecule has 0 fully saturated rings. The van der Waals surface area contributed by atoms with Crippen LogP contribution in [0.25, 0.3) is 5.57 Å². The lowest BCUT2D eigenvalue weighted by Gasteiger charge is -2.17. The van der Waals surface area contributed by atoms with Crippen molar-refractivity contribution in [2.75, 3.05) is 19.4 Å². The molecule has 0 atom stereocenters. The maximum Gasteiger partial charge on any atom is 0.150 e. The average Bonchev–Trinajstić information content (AvgIpc) is 2.48. The molecule has 0 unspecified atom stereocenters. The largest absolute Gasteiger partial charge is 0.383 e. The van der Waals surface area contributed by atoms with Crippen LogP contribution in [0.15, 0.2) is 45.5 Å². The molecule has 2 rings (SSSR count). The number of thiocarbonyl (C=S) groups is 1. The van der Waals surface area contributed by atoms with Crippen molar-refractivity contribution in [1.82, 2.24) is 4.90 Å². The molecule has 0 aliphatic heterocycles. The number of nitrogens with zero attached hydrogens (tertiary/aromatic N) is 1. The van der Waals surface area contributed by atoms with Crippen LogP contribution in [0.1, 0.15) is 5.56 Å². The maximum absolute atomic E-state index is 14.1. The Morgan fingerprint density at radius 3 is 2.24 bits per heavy atom. The summed E-state index contributed by atoms with van der Waals surface area (Å²) in [5.74, 6) is -1.88. The lowest BCUT2D eigenvalue weighted by Crippen LogP contribution is -2.16. The number of nitrogens with one attached hydrogen (secondary N) is 1. The van der Waals surface area contributed by atoms with Crippen molar-refractivity contribution < 1.29 is 13.2 Å². The smallest absolute Gasteiger partial charge is 0.150 e. The summed E-state index contributed by atoms with van der Waals surface area (Å²) in [6, 6.07) is 6.09. The Morgan fingerprint density at radius 1 is 1.04 bits per heavy atom. The van der Waals surface area contributed by atoms with Gasteiger partial charge in [0.15, 0.2) is 5.82 Å². The Hall–Kier alpha value is -1.38. The van der Waals surface area contributed by atoms with E-state index in [0.29, 0.717) is 15.6 Å². The van der Waals surface area contributed by atoms with Crippen molar-refractivity contribution in [3.63, 3.8) is 0 Å². The van der Waals surface area contributed by atoms with Gasteiger partial charge in [0.2, 0.25) is 0 Å². The fourth-order valence-corrected chi connectivity index (χ4v) is 3.40. The van der Waals surface area contributed by atoms with E-state index in [1.807, 2.05) is 0 Å². The molecule has 2 aromatic carbocycles. The number of benzene rings is 2. The minimum atomic E-state index is -0.781. The minimum absolute atomic E-state index is 0.0225. The van der Waals surface area contributed by atoms with Crippen LogP contribution in [0.4, 0.5) is 18.9 Å². The molecule has 0 saturated heterocycles. The Balaban J connectivity index is 2.45. The quantitative estimate of drug-likeness (QED) is 0.417. The summed E-state index contributed by atoms with van der Waals surface area (Å²) in [4.78, 5) is 1.96. The minimum Gasteiger partial charge on any atom is -0.383 e. The second-order valence-electron chi connectivity index (χ2n) is 5.33. The van der Waals surface area contributed by atoms with Gasteiger partial charge < -0.3 is 10.2 Å². The van der Waals surface area contributed by atoms with Gasteiger partial charge in [-0.25, -0.2) is 13.2 Å². The van der Waals surface area contributed by atoms with Gasteiger partial charge in [0.1, 0.15) is 16.6 Å². The molecule has 0 aliphatic carbocycles. The van der Waals surface area contributed by atoms with Crippen LogP contribution in [0.5, 0.6) is 0 Å². The van der Waals surface area contributed by atoms with Crippen LogP contribution in [0.3, 0.4) is 0 Å². The van der Waals surface area contributed by atoms with Crippen LogP contribution < -0.4 is 5.32 Å². The SMILES string of the molecule is CN(C)/C=C(\C(=S)Nc1c(F)cc(F)cc1Br)c1ccc(F)cc1Br. The molecule has 0 amide bonds. The summed E-state index contributed by atoms with van der Waals surface area (Å²) < 4.78 is 41.4. The molecule has 0 aromatic heterocycles. The first-order valence-corrected chi connectivity index (χ1v) is 8.98. The summed E-state index contributed by atoms with van der Waals surface area (Å²) >= 11 is 11.8. The van der Waals surface area contributed by atoms with E-state index in [0.717, 1.165) is 12.1 Å². The van der Waals surface area contributed by atoms with E-state index in [9.17, 15) is 13.2 Å². The standard InChI is InChI=1S/C17H13Br2F3N2S/c1-24(2)8-12(11-4-3-9(20)5-13(11)18)17(25)23-16-14(19)6-10(21)7-15(16)22/h3-8H,1-2H3,(H,23,25)/b12-8-. The van der Waals surface area contributed by atoms with E-state index in [4.69, 9.17) is 12.2 Å². The molecule has 0 saturated carbocycles. The molecule has 0 aliphatic rings. The highest BCUT2D eigenvalue weighted by Crippen LogP contribution is 2.31. The van der Waals surface area contributed by atoms with Crippen molar-refractivity contribution in [2.45, 2.75) is 0 Å². The number of rotatable bonds is 4. The van der Waals surface area contributed by atoms with E-state index < -0.39 is 17.5 Å². The summed E-state index contributed by atoms with van der Waals surface area (Å²) in [6.07, 6.45) is 1.72. The Morgan fingerprint density at radius 2 is 1.68 bits per heavy atom. The van der Waals surface area contributed by atoms with Gasteiger partial charge in [0.05, 0.1) is 5.69 Å². The number of hydrogen-bond acceptors (Lipinski definition) is 2. The zero-order valence-corrected chi connectivity index (χ0v) is 17.2. The first-order valence-electron chi connectivity index (χ1n) is 6.98. The number of hydrogen-bond donors (Lipinski definition) is 1. The highest BCUT2D eigenvalue weighted by Gasteiger charge is 2.17. The maximum atomic E-state index is 14.1. The van der Waals surface area contributed by atoms with Gasteiger partial charge in [-0.3, -0.25) is 0 Å². The van der Waals surface area contributed by atoms with E-state index in [2.05, 4.69) is 37.2 Å². The molecular formula is C17H13Br2F3N2S. The molecule has 0 bridgehead atoms. The van der Waals surface area contributed by atoms with Crippen LogP contribution in [-0.4, -0.2) is 24.0 Å². The van der Waals surface area contributed by atoms with E-state index in [1.54, 1.807) is 31.3 Å². The molecule has 8 heteroatoms. The zero-order chi connectivity index (χ0) is 18.7. The van der Waals surface area contributed by atoms with Crippen LogP contribution in [0.2, 0.25) is 0 Å². The Bertz CT molecular complexity index is 831. The molecule has 0 radical (unpaired) electrons. The van der Waals surface area contributed by atoms with Gasteiger partial charge in [-0.05, 0) is 34.1 Å². The Kier molecular flexibility index (Phi) is 6.65. The van der Waals surface area contributed by atoms with Crippen molar-refractivity contribution in [2.24, 2.45) is 0 Å². The van der Waals surface area contributed by atoms with Gasteiger partial charge in [0, 0.05) is 46.4 Å². The molecule has 25 heavy (non-hydrogen) atoms. The van der Waals surface area contributed by atoms with Crippen molar-refractivity contribution in [3.05, 3.63) is 68.5 Å². The molecular weight excluding hydrogens is 481 g/mol. The third-order valence-corrected chi connectivity index (χ3v) is 4.70. The lowest BCUT2D eigenvalue weighted by molar-refractivity contribution is 0.566. The molecule has 0 spiro atoms. The number of halogens is 5. The highest BCUT2D eigenvalue weighted by molar-refractivity contribution is 9.11. The van der Waals surface area contributed by atoms with Crippen molar-refractivity contribution in [3.8, 4) is 0 Å². The average molecular weight is 494 g/mol. The Labute approximate surface area is 166 Å². The predicted molar refractivity (Wildman–Crippen MR) is 106 cm³/mol. The monoisotopic (exact) mass is 492 g/mol. The predicted octanol–water partition coefficient (Wildman–Crippen LogP) is 5.97. The van der Waals surface area contributed by atoms with Crippen LogP contribution >= 0.6 is 44.1 Å². The molecule has 1 N–H and O–H groups in total. The summed E-state index contributed by atoms with van der Waals surface area (Å²) in [6.45, 7) is 0. The van der Waals surface area contributed by atoms with Gasteiger partial charge in [-0.1, -0.05) is 34.2 Å². The summed E-state index contributed by atoms with van der Waals surface area (Å²) in [7, 11) is 3.60. The van der Waals surface area contributed by atoms with E-state index in [1.165, 1.54) is 12.1 Å². The van der Waals surface area contributed by atoms with E-state index in [-0.39, 0.29) is 15.1 Å². The first-order chi connectivity index (χ1) is 11.7. The fourth-order valence-electron chi connectivity index (χ4n) is 2.06. The van der Waals surface area contributed by atoms with Crippen molar-refractivity contribution >= 4 is 60.3 Å². The molecule has 132 valence electrons. The van der Waals surface area contributed by atoms with Crippen molar-refractivity contribution in [1.29, 1.82) is 0 Å². The molecule has 0 heterocycles. The molecule has 2 nitrogen and oxygen atoms in total. The van der Waals surface area contributed by atoms with Gasteiger partial charge in [-0.2, -0.15) is 0 Å². The first kappa shape index (κ1) is 19.9. The third-order valence-electron chi connectivity index (χ3n) is 3.10. The van der Waals surface area contributed by atoms with E-state index >= 15 is 0 Å². The second kappa shape index (κ2) is 8.33. The third kappa shape index (κ3) is 5.05. The number of anilines is 1. The van der Waals surface area contributed by atoms with Crippen LogP contribution in [0, 0.1) is 17.5 Å². The zero-order valence-electron chi connectivity index (χ0n) is 13.2.